The predicted molar refractivity (Wildman–Crippen MR) is 98.2 cm³/mol. The van der Waals surface area contributed by atoms with E-state index in [9.17, 15) is 4.79 Å². The highest BCUT2D eigenvalue weighted by atomic mass is 16.5. The largest absolute Gasteiger partial charge is 0.497 e. The van der Waals surface area contributed by atoms with Gasteiger partial charge < -0.3 is 14.6 Å². The van der Waals surface area contributed by atoms with Crippen molar-refractivity contribution in [1.29, 1.82) is 0 Å². The van der Waals surface area contributed by atoms with E-state index in [1.807, 2.05) is 12.1 Å². The standard InChI is InChI=1S/C21H20N2O2/c1-25-14-8-6-13(7-9-14)23-18-10-11-20(24)19(23)12-16-15-4-2-3-5-17(15)22-21(16)18/h2-9,18-19,22H,10-12H2,1H3/t18-,19-/m0/s1. The fourth-order valence-electron chi connectivity index (χ4n) is 4.49. The lowest BCUT2D eigenvalue weighted by atomic mass is 9.81. The Labute approximate surface area is 146 Å². The first-order valence-corrected chi connectivity index (χ1v) is 8.81. The molecule has 0 spiro atoms. The number of nitrogens with one attached hydrogen (secondary N) is 1. The summed E-state index contributed by atoms with van der Waals surface area (Å²) in [6.07, 6.45) is 2.30. The number of carbonyl (C=O) groups excluding carboxylic acids is 1. The molecule has 3 aromatic rings. The van der Waals surface area contributed by atoms with E-state index in [4.69, 9.17) is 4.74 Å². The third kappa shape index (κ3) is 2.10. The Bertz CT molecular complexity index is 958. The molecular formula is C21H20N2O2. The van der Waals surface area contributed by atoms with Gasteiger partial charge in [-0.15, -0.1) is 0 Å². The van der Waals surface area contributed by atoms with Crippen LogP contribution in [0.2, 0.25) is 0 Å². The second-order valence-electron chi connectivity index (χ2n) is 6.91. The number of hydrogen-bond acceptors (Lipinski definition) is 3. The van der Waals surface area contributed by atoms with Crippen LogP contribution in [0.1, 0.15) is 30.1 Å². The summed E-state index contributed by atoms with van der Waals surface area (Å²) in [6, 6.07) is 16.6. The minimum absolute atomic E-state index is 0.0705. The number of Topliss-reactive ketones (excluding diaryl/α,β-unsaturated/α-hetero) is 1. The first-order valence-electron chi connectivity index (χ1n) is 8.81. The second-order valence-corrected chi connectivity index (χ2v) is 6.91. The van der Waals surface area contributed by atoms with Crippen molar-refractivity contribution in [3.05, 3.63) is 59.8 Å². The molecular weight excluding hydrogens is 312 g/mol. The van der Waals surface area contributed by atoms with Crippen LogP contribution >= 0.6 is 0 Å². The third-order valence-electron chi connectivity index (χ3n) is 5.66. The van der Waals surface area contributed by atoms with Crippen molar-refractivity contribution in [3.63, 3.8) is 0 Å². The summed E-state index contributed by atoms with van der Waals surface area (Å²) in [5.74, 6) is 1.19. The van der Waals surface area contributed by atoms with E-state index in [1.165, 1.54) is 22.2 Å². The summed E-state index contributed by atoms with van der Waals surface area (Å²) in [5.41, 5.74) is 4.86. The molecule has 0 saturated carbocycles. The average molecular weight is 332 g/mol. The minimum atomic E-state index is -0.0705. The zero-order valence-corrected chi connectivity index (χ0v) is 14.2. The number of aromatic nitrogens is 1. The lowest BCUT2D eigenvalue weighted by Gasteiger charge is -2.46. The number of carbonyl (C=O) groups is 1. The summed E-state index contributed by atoms with van der Waals surface area (Å²) >= 11 is 0. The van der Waals surface area contributed by atoms with E-state index >= 15 is 0 Å². The molecule has 126 valence electrons. The lowest BCUT2D eigenvalue weighted by molar-refractivity contribution is -0.122. The van der Waals surface area contributed by atoms with E-state index in [-0.39, 0.29) is 12.1 Å². The molecule has 2 aliphatic rings. The highest BCUT2D eigenvalue weighted by molar-refractivity contribution is 5.93. The number of ether oxygens (including phenoxy) is 1. The zero-order chi connectivity index (χ0) is 17.0. The van der Waals surface area contributed by atoms with Crippen LogP contribution in [0.5, 0.6) is 5.75 Å². The number of aromatic amines is 1. The molecule has 0 aliphatic carbocycles. The molecule has 5 rings (SSSR count). The first kappa shape index (κ1) is 14.6. The molecule has 25 heavy (non-hydrogen) atoms. The van der Waals surface area contributed by atoms with Crippen LogP contribution in [0, 0.1) is 0 Å². The molecule has 1 fully saturated rings. The quantitative estimate of drug-likeness (QED) is 0.771. The first-order chi connectivity index (χ1) is 12.3. The van der Waals surface area contributed by atoms with Gasteiger partial charge in [-0.05, 0) is 42.3 Å². The van der Waals surface area contributed by atoms with E-state index in [2.05, 4.69) is 46.3 Å². The number of anilines is 1. The minimum Gasteiger partial charge on any atom is -0.497 e. The van der Waals surface area contributed by atoms with Crippen LogP contribution in [-0.2, 0) is 11.2 Å². The van der Waals surface area contributed by atoms with Gasteiger partial charge in [-0.3, -0.25) is 4.79 Å². The average Bonchev–Trinajstić information content (AvgIpc) is 3.03. The van der Waals surface area contributed by atoms with Gasteiger partial charge >= 0.3 is 0 Å². The van der Waals surface area contributed by atoms with Gasteiger partial charge in [-0.1, -0.05) is 18.2 Å². The topological polar surface area (TPSA) is 45.3 Å². The molecule has 1 aromatic heterocycles. The fourth-order valence-corrected chi connectivity index (χ4v) is 4.49. The molecule has 3 heterocycles. The van der Waals surface area contributed by atoms with Crippen molar-refractivity contribution < 1.29 is 9.53 Å². The van der Waals surface area contributed by atoms with Crippen molar-refractivity contribution >= 4 is 22.4 Å². The number of benzene rings is 2. The Morgan fingerprint density at radius 3 is 2.68 bits per heavy atom. The molecule has 1 N–H and O–H groups in total. The number of para-hydroxylation sites is 1. The molecule has 0 radical (unpaired) electrons. The van der Waals surface area contributed by atoms with Crippen LogP contribution in [0.25, 0.3) is 10.9 Å². The monoisotopic (exact) mass is 332 g/mol. The Kier molecular flexibility index (Phi) is 3.14. The van der Waals surface area contributed by atoms with Gasteiger partial charge in [0.25, 0.3) is 0 Å². The van der Waals surface area contributed by atoms with Crippen molar-refractivity contribution in [2.24, 2.45) is 0 Å². The molecule has 2 aromatic carbocycles. The van der Waals surface area contributed by atoms with Gasteiger partial charge in [0.2, 0.25) is 0 Å². The molecule has 4 heteroatoms. The van der Waals surface area contributed by atoms with Gasteiger partial charge in [-0.25, -0.2) is 0 Å². The Morgan fingerprint density at radius 1 is 1.08 bits per heavy atom. The van der Waals surface area contributed by atoms with Gasteiger partial charge in [0.1, 0.15) is 5.75 Å². The highest BCUT2D eigenvalue weighted by Crippen LogP contribution is 2.45. The molecule has 4 nitrogen and oxygen atoms in total. The van der Waals surface area contributed by atoms with Crippen molar-refractivity contribution in [3.8, 4) is 5.75 Å². The van der Waals surface area contributed by atoms with Gasteiger partial charge in [0, 0.05) is 35.1 Å². The number of rotatable bonds is 2. The molecule has 2 bridgehead atoms. The summed E-state index contributed by atoms with van der Waals surface area (Å²) in [5, 5.41) is 1.26. The summed E-state index contributed by atoms with van der Waals surface area (Å²) < 4.78 is 5.28. The molecule has 2 aliphatic heterocycles. The number of piperidine rings is 1. The highest BCUT2D eigenvalue weighted by Gasteiger charge is 2.43. The van der Waals surface area contributed by atoms with Crippen LogP contribution < -0.4 is 9.64 Å². The summed E-state index contributed by atoms with van der Waals surface area (Å²) in [4.78, 5) is 18.6. The number of methoxy groups -OCH3 is 1. The smallest absolute Gasteiger partial charge is 0.155 e. The maximum atomic E-state index is 12.7. The number of nitrogens with zero attached hydrogens (tertiary/aromatic N) is 1. The maximum Gasteiger partial charge on any atom is 0.155 e. The number of ketones is 1. The van der Waals surface area contributed by atoms with E-state index < -0.39 is 0 Å². The van der Waals surface area contributed by atoms with E-state index in [1.54, 1.807) is 7.11 Å². The normalized spacial score (nSPS) is 22.1. The Hall–Kier alpha value is -2.75. The zero-order valence-electron chi connectivity index (χ0n) is 14.2. The van der Waals surface area contributed by atoms with E-state index in [0.29, 0.717) is 12.2 Å². The number of H-pyrrole nitrogens is 1. The number of hydrogen-bond donors (Lipinski definition) is 1. The lowest BCUT2D eigenvalue weighted by Crippen LogP contribution is -2.52. The fraction of sp³-hybridized carbons (Fsp3) is 0.286. The summed E-state index contributed by atoms with van der Waals surface area (Å²) in [6.45, 7) is 0. The Morgan fingerprint density at radius 2 is 1.88 bits per heavy atom. The van der Waals surface area contributed by atoms with Crippen molar-refractivity contribution in [2.45, 2.75) is 31.3 Å². The Balaban J connectivity index is 1.66. The molecule has 1 saturated heterocycles. The van der Waals surface area contributed by atoms with Crippen molar-refractivity contribution in [2.75, 3.05) is 12.0 Å². The number of fused-ring (bicyclic) bond motifs is 6. The molecule has 2 atom stereocenters. The molecule has 0 unspecified atom stereocenters. The van der Waals surface area contributed by atoms with Crippen molar-refractivity contribution in [1.82, 2.24) is 4.98 Å². The second kappa shape index (κ2) is 5.38. The maximum absolute atomic E-state index is 12.7. The predicted octanol–water partition coefficient (Wildman–Crippen LogP) is 4.01. The van der Waals surface area contributed by atoms with Gasteiger partial charge in [0.05, 0.1) is 19.2 Å². The third-order valence-corrected chi connectivity index (χ3v) is 5.66. The summed E-state index contributed by atoms with van der Waals surface area (Å²) in [7, 11) is 1.67. The van der Waals surface area contributed by atoms with Gasteiger partial charge in [-0.2, -0.15) is 0 Å². The van der Waals surface area contributed by atoms with Crippen LogP contribution in [-0.4, -0.2) is 23.9 Å². The SMILES string of the molecule is COc1ccc(N2[C@H]3Cc4c([nH]c5ccccc45)[C@@H]2CCC3=O)cc1. The van der Waals surface area contributed by atoms with Crippen LogP contribution in [0.4, 0.5) is 5.69 Å². The van der Waals surface area contributed by atoms with Crippen LogP contribution in [0.15, 0.2) is 48.5 Å². The van der Waals surface area contributed by atoms with Gasteiger partial charge in [0.15, 0.2) is 5.78 Å². The molecule has 0 amide bonds. The van der Waals surface area contributed by atoms with Crippen LogP contribution in [0.3, 0.4) is 0 Å². The van der Waals surface area contributed by atoms with E-state index in [0.717, 1.165) is 24.3 Å².